The van der Waals surface area contributed by atoms with E-state index < -0.39 is 24.3 Å². The summed E-state index contributed by atoms with van der Waals surface area (Å²) in [7, 11) is 0. The van der Waals surface area contributed by atoms with Gasteiger partial charge in [0.1, 0.15) is 17.3 Å². The Bertz CT molecular complexity index is 1090. The number of ether oxygens (including phenoxy) is 2. The Morgan fingerprint density at radius 2 is 1.52 bits per heavy atom. The Morgan fingerprint density at radius 3 is 2.12 bits per heavy atom. The van der Waals surface area contributed by atoms with Crippen LogP contribution < -0.4 is 10.1 Å². The van der Waals surface area contributed by atoms with E-state index in [4.69, 9.17) is 9.47 Å². The third-order valence-corrected chi connectivity index (χ3v) is 5.55. The van der Waals surface area contributed by atoms with E-state index in [9.17, 15) is 14.0 Å². The first-order valence-electron chi connectivity index (χ1n) is 10.8. The van der Waals surface area contributed by atoms with Crippen LogP contribution in [0.3, 0.4) is 0 Å². The summed E-state index contributed by atoms with van der Waals surface area (Å²) in [6.07, 6.45) is 0.814. The van der Waals surface area contributed by atoms with Crippen molar-refractivity contribution in [3.63, 3.8) is 0 Å². The number of hydrogen-bond donors (Lipinski definition) is 1. The SMILES string of the molecule is CCC(C)(C)c1ccc(Oc2ccc(NC(=O)COC(=O)Cc3ccccc3F)cc2)cc1. The van der Waals surface area contributed by atoms with Gasteiger partial charge in [0.25, 0.3) is 5.91 Å². The molecule has 1 amide bonds. The van der Waals surface area contributed by atoms with Crippen LogP contribution in [-0.2, 0) is 26.2 Å². The zero-order chi connectivity index (χ0) is 23.8. The number of carbonyl (C=O) groups excluding carboxylic acids is 2. The van der Waals surface area contributed by atoms with Crippen molar-refractivity contribution in [1.29, 1.82) is 0 Å². The van der Waals surface area contributed by atoms with Crippen molar-refractivity contribution in [2.75, 3.05) is 11.9 Å². The van der Waals surface area contributed by atoms with E-state index in [1.165, 1.54) is 23.8 Å². The third-order valence-electron chi connectivity index (χ3n) is 5.55. The minimum atomic E-state index is -0.674. The fraction of sp³-hybridized carbons (Fsp3) is 0.259. The summed E-state index contributed by atoms with van der Waals surface area (Å²) in [5.74, 6) is -0.287. The van der Waals surface area contributed by atoms with Gasteiger partial charge in [-0.05, 0) is 65.4 Å². The van der Waals surface area contributed by atoms with E-state index in [0.29, 0.717) is 11.4 Å². The fourth-order valence-corrected chi connectivity index (χ4v) is 3.11. The lowest BCUT2D eigenvalue weighted by atomic mass is 9.82. The molecule has 0 spiro atoms. The number of carbonyl (C=O) groups is 2. The zero-order valence-corrected chi connectivity index (χ0v) is 19.1. The molecule has 0 aliphatic carbocycles. The molecule has 0 aliphatic rings. The summed E-state index contributed by atoms with van der Waals surface area (Å²) in [6.45, 7) is 6.13. The van der Waals surface area contributed by atoms with Crippen molar-refractivity contribution in [2.24, 2.45) is 0 Å². The largest absolute Gasteiger partial charge is 0.457 e. The summed E-state index contributed by atoms with van der Waals surface area (Å²) in [6, 6.07) is 20.8. The van der Waals surface area contributed by atoms with E-state index >= 15 is 0 Å². The van der Waals surface area contributed by atoms with Crippen molar-refractivity contribution in [3.05, 3.63) is 89.7 Å². The summed E-state index contributed by atoms with van der Waals surface area (Å²) in [5.41, 5.74) is 2.13. The van der Waals surface area contributed by atoms with Gasteiger partial charge in [-0.3, -0.25) is 9.59 Å². The topological polar surface area (TPSA) is 64.6 Å². The third kappa shape index (κ3) is 6.91. The molecule has 3 aromatic rings. The standard InChI is InChI=1S/C27H28FNO4/c1-4-27(2,3)20-9-13-22(14-10-20)33-23-15-11-21(12-16-23)29-25(30)18-32-26(31)17-19-7-5-6-8-24(19)28/h5-16H,4,17-18H2,1-3H3,(H,29,30). The Morgan fingerprint density at radius 1 is 0.909 bits per heavy atom. The monoisotopic (exact) mass is 449 g/mol. The van der Waals surface area contributed by atoms with Crippen LogP contribution in [0.1, 0.15) is 38.3 Å². The minimum Gasteiger partial charge on any atom is -0.457 e. The molecule has 3 aromatic carbocycles. The maximum atomic E-state index is 13.6. The van der Waals surface area contributed by atoms with Gasteiger partial charge in [-0.2, -0.15) is 0 Å². The smallest absolute Gasteiger partial charge is 0.310 e. The van der Waals surface area contributed by atoms with Gasteiger partial charge in [0.2, 0.25) is 0 Å². The van der Waals surface area contributed by atoms with E-state index in [1.54, 1.807) is 30.3 Å². The first-order valence-corrected chi connectivity index (χ1v) is 10.8. The molecule has 5 nitrogen and oxygen atoms in total. The molecule has 3 rings (SSSR count). The van der Waals surface area contributed by atoms with E-state index in [1.807, 2.05) is 12.1 Å². The molecule has 172 valence electrons. The van der Waals surface area contributed by atoms with Crippen molar-refractivity contribution in [2.45, 2.75) is 39.0 Å². The Balaban J connectivity index is 1.47. The summed E-state index contributed by atoms with van der Waals surface area (Å²) in [4.78, 5) is 23.9. The Labute approximate surface area is 193 Å². The molecule has 0 radical (unpaired) electrons. The van der Waals surface area contributed by atoms with Crippen LogP contribution in [0.5, 0.6) is 11.5 Å². The Kier molecular flexibility index (Phi) is 7.83. The van der Waals surface area contributed by atoms with Crippen LogP contribution in [0.15, 0.2) is 72.8 Å². The number of amides is 1. The van der Waals surface area contributed by atoms with E-state index in [2.05, 4.69) is 38.2 Å². The van der Waals surface area contributed by atoms with Gasteiger partial charge in [-0.1, -0.05) is 51.1 Å². The quantitative estimate of drug-likeness (QED) is 0.405. The van der Waals surface area contributed by atoms with Gasteiger partial charge >= 0.3 is 5.97 Å². The van der Waals surface area contributed by atoms with Crippen LogP contribution >= 0.6 is 0 Å². The van der Waals surface area contributed by atoms with Gasteiger partial charge in [0.05, 0.1) is 6.42 Å². The van der Waals surface area contributed by atoms with Crippen LogP contribution in [0.4, 0.5) is 10.1 Å². The van der Waals surface area contributed by atoms with Gasteiger partial charge in [0, 0.05) is 5.69 Å². The summed E-state index contributed by atoms with van der Waals surface area (Å²) < 4.78 is 24.4. The maximum Gasteiger partial charge on any atom is 0.310 e. The summed E-state index contributed by atoms with van der Waals surface area (Å²) >= 11 is 0. The highest BCUT2D eigenvalue weighted by Crippen LogP contribution is 2.29. The number of nitrogens with one attached hydrogen (secondary N) is 1. The van der Waals surface area contributed by atoms with Crippen LogP contribution in [0.2, 0.25) is 0 Å². The molecule has 0 heterocycles. The number of benzene rings is 3. The number of hydrogen-bond acceptors (Lipinski definition) is 4. The van der Waals surface area contributed by atoms with Crippen molar-refractivity contribution in [3.8, 4) is 11.5 Å². The van der Waals surface area contributed by atoms with Crippen LogP contribution in [0.25, 0.3) is 0 Å². The lowest BCUT2D eigenvalue weighted by Gasteiger charge is -2.23. The van der Waals surface area contributed by atoms with Gasteiger partial charge in [0.15, 0.2) is 6.61 Å². The zero-order valence-electron chi connectivity index (χ0n) is 19.1. The predicted molar refractivity (Wildman–Crippen MR) is 126 cm³/mol. The highest BCUT2D eigenvalue weighted by atomic mass is 19.1. The maximum absolute atomic E-state index is 13.6. The highest BCUT2D eigenvalue weighted by molar-refractivity contribution is 5.92. The molecule has 0 saturated carbocycles. The van der Waals surface area contributed by atoms with Crippen LogP contribution in [0, 0.1) is 5.82 Å². The lowest BCUT2D eigenvalue weighted by molar-refractivity contribution is -0.146. The lowest BCUT2D eigenvalue weighted by Crippen LogP contribution is -2.21. The molecule has 0 bridgehead atoms. The normalized spacial score (nSPS) is 11.0. The second-order valence-electron chi connectivity index (χ2n) is 8.37. The molecule has 0 unspecified atom stereocenters. The number of anilines is 1. The second-order valence-corrected chi connectivity index (χ2v) is 8.37. The average Bonchev–Trinajstić information content (AvgIpc) is 2.81. The first kappa shape index (κ1) is 24.0. The molecular formula is C27H28FNO4. The van der Waals surface area contributed by atoms with Crippen molar-refractivity contribution in [1.82, 2.24) is 0 Å². The Hall–Kier alpha value is -3.67. The fourth-order valence-electron chi connectivity index (χ4n) is 3.11. The van der Waals surface area contributed by atoms with E-state index in [0.717, 1.165) is 12.2 Å². The summed E-state index contributed by atoms with van der Waals surface area (Å²) in [5, 5.41) is 2.65. The van der Waals surface area contributed by atoms with Gasteiger partial charge in [-0.15, -0.1) is 0 Å². The molecule has 0 saturated heterocycles. The average molecular weight is 450 g/mol. The molecule has 33 heavy (non-hydrogen) atoms. The molecule has 6 heteroatoms. The molecule has 0 fully saturated rings. The predicted octanol–water partition coefficient (Wildman–Crippen LogP) is 6.03. The van der Waals surface area contributed by atoms with Crippen LogP contribution in [-0.4, -0.2) is 18.5 Å². The molecule has 0 aromatic heterocycles. The highest BCUT2D eigenvalue weighted by Gasteiger charge is 2.17. The van der Waals surface area contributed by atoms with Gasteiger partial charge < -0.3 is 14.8 Å². The van der Waals surface area contributed by atoms with Gasteiger partial charge in [-0.25, -0.2) is 4.39 Å². The number of esters is 1. The van der Waals surface area contributed by atoms with Crippen molar-refractivity contribution >= 4 is 17.6 Å². The minimum absolute atomic E-state index is 0.116. The first-order chi connectivity index (χ1) is 15.8. The molecular weight excluding hydrogens is 421 g/mol. The van der Waals surface area contributed by atoms with Crippen molar-refractivity contribution < 1.29 is 23.5 Å². The molecule has 1 N–H and O–H groups in total. The second kappa shape index (κ2) is 10.8. The number of rotatable bonds is 9. The number of halogens is 1. The molecule has 0 aliphatic heterocycles. The molecule has 0 atom stereocenters. The van der Waals surface area contributed by atoms with E-state index in [-0.39, 0.29) is 17.4 Å².